The molecule has 3 unspecified atom stereocenters. The molecule has 29 heavy (non-hydrogen) atoms. The van der Waals surface area contributed by atoms with E-state index in [-0.39, 0.29) is 48.1 Å². The van der Waals surface area contributed by atoms with Crippen LogP contribution < -0.4 is 16.0 Å². The van der Waals surface area contributed by atoms with Gasteiger partial charge >= 0.3 is 0 Å². The molecule has 3 rings (SSSR count). The third-order valence-corrected chi connectivity index (χ3v) is 6.41. The largest absolute Gasteiger partial charge is 0.354 e. The maximum absolute atomic E-state index is 12.7. The highest BCUT2D eigenvalue weighted by Crippen LogP contribution is 2.25. The molecular formula is C21H37ClN4O3. The predicted molar refractivity (Wildman–Crippen MR) is 115 cm³/mol. The maximum atomic E-state index is 12.7. The van der Waals surface area contributed by atoms with Crippen LogP contribution >= 0.6 is 12.4 Å². The molecule has 7 nitrogen and oxygen atoms in total. The monoisotopic (exact) mass is 428 g/mol. The molecule has 0 aromatic heterocycles. The first-order valence-electron chi connectivity index (χ1n) is 11.1. The molecule has 1 saturated carbocycles. The Morgan fingerprint density at radius 1 is 1.03 bits per heavy atom. The molecule has 0 aromatic rings. The lowest BCUT2D eigenvalue weighted by Crippen LogP contribution is -2.48. The van der Waals surface area contributed by atoms with E-state index in [9.17, 15) is 14.4 Å². The third-order valence-electron chi connectivity index (χ3n) is 6.41. The van der Waals surface area contributed by atoms with Crippen molar-refractivity contribution >= 4 is 30.1 Å². The Hall–Kier alpha value is -1.34. The molecule has 3 fully saturated rings. The van der Waals surface area contributed by atoms with Crippen molar-refractivity contribution in [2.45, 2.75) is 76.8 Å². The zero-order valence-electron chi connectivity index (χ0n) is 17.6. The standard InChI is InChI=1S/C21H36N4O3.ClH/c1-15(24-20(27)17-7-2-3-8-17)12-19(26)25-11-5-6-16(14-25)13-23-21(28)18-9-4-10-22-18;/h15-18,22H,2-14H2,1H3,(H,23,28)(H,24,27);1H. The minimum atomic E-state index is -0.130. The second kappa shape index (κ2) is 11.7. The van der Waals surface area contributed by atoms with Crippen molar-refractivity contribution in [1.82, 2.24) is 20.9 Å². The van der Waals surface area contributed by atoms with Crippen molar-refractivity contribution in [2.24, 2.45) is 11.8 Å². The van der Waals surface area contributed by atoms with Crippen molar-refractivity contribution < 1.29 is 14.4 Å². The van der Waals surface area contributed by atoms with Crippen LogP contribution in [0.2, 0.25) is 0 Å². The molecule has 0 spiro atoms. The lowest BCUT2D eigenvalue weighted by Gasteiger charge is -2.34. The fourth-order valence-corrected chi connectivity index (χ4v) is 4.73. The summed E-state index contributed by atoms with van der Waals surface area (Å²) < 4.78 is 0. The SMILES string of the molecule is CC(CC(=O)N1CCCC(CNC(=O)C2CCCN2)C1)NC(=O)C1CCCC1.Cl. The highest BCUT2D eigenvalue weighted by molar-refractivity contribution is 5.85. The lowest BCUT2D eigenvalue weighted by atomic mass is 9.97. The van der Waals surface area contributed by atoms with Crippen LogP contribution in [0.25, 0.3) is 0 Å². The number of nitrogens with zero attached hydrogens (tertiary/aromatic N) is 1. The van der Waals surface area contributed by atoms with Gasteiger partial charge in [0.15, 0.2) is 0 Å². The number of rotatable bonds is 7. The number of halogens is 1. The first kappa shape index (κ1) is 23.9. The summed E-state index contributed by atoms with van der Waals surface area (Å²) >= 11 is 0. The summed E-state index contributed by atoms with van der Waals surface area (Å²) in [6.45, 7) is 4.94. The Balaban J connectivity index is 0.00000300. The molecule has 3 atom stereocenters. The number of piperidine rings is 1. The van der Waals surface area contributed by atoms with Gasteiger partial charge in [-0.1, -0.05) is 12.8 Å². The van der Waals surface area contributed by atoms with Gasteiger partial charge in [-0.15, -0.1) is 12.4 Å². The van der Waals surface area contributed by atoms with E-state index in [0.29, 0.717) is 25.4 Å². The van der Waals surface area contributed by atoms with E-state index in [1.165, 1.54) is 0 Å². The number of hydrogen-bond donors (Lipinski definition) is 3. The van der Waals surface area contributed by atoms with Gasteiger partial charge in [0.2, 0.25) is 17.7 Å². The molecule has 0 radical (unpaired) electrons. The Labute approximate surface area is 180 Å². The maximum Gasteiger partial charge on any atom is 0.237 e. The van der Waals surface area contributed by atoms with Crippen LogP contribution in [0.1, 0.15) is 64.7 Å². The van der Waals surface area contributed by atoms with Gasteiger partial charge in [-0.2, -0.15) is 0 Å². The van der Waals surface area contributed by atoms with Gasteiger partial charge in [-0.3, -0.25) is 14.4 Å². The molecule has 3 aliphatic rings. The summed E-state index contributed by atoms with van der Waals surface area (Å²) in [4.78, 5) is 39.0. The van der Waals surface area contributed by atoms with E-state index < -0.39 is 0 Å². The van der Waals surface area contributed by atoms with Crippen molar-refractivity contribution in [3.63, 3.8) is 0 Å². The molecular weight excluding hydrogens is 392 g/mol. The van der Waals surface area contributed by atoms with Crippen LogP contribution in [0.3, 0.4) is 0 Å². The van der Waals surface area contributed by atoms with Crippen LogP contribution in [0.15, 0.2) is 0 Å². The normalized spacial score (nSPS) is 25.9. The smallest absolute Gasteiger partial charge is 0.237 e. The first-order valence-corrected chi connectivity index (χ1v) is 11.1. The summed E-state index contributed by atoms with van der Waals surface area (Å²) in [5.74, 6) is 0.746. The van der Waals surface area contributed by atoms with E-state index in [2.05, 4.69) is 16.0 Å². The molecule has 2 heterocycles. The summed E-state index contributed by atoms with van der Waals surface area (Å²) in [5.41, 5.74) is 0. The van der Waals surface area contributed by atoms with Crippen LogP contribution in [0, 0.1) is 11.8 Å². The first-order chi connectivity index (χ1) is 13.5. The van der Waals surface area contributed by atoms with E-state index >= 15 is 0 Å². The highest BCUT2D eigenvalue weighted by atomic mass is 35.5. The van der Waals surface area contributed by atoms with Gasteiger partial charge in [0.25, 0.3) is 0 Å². The number of carbonyl (C=O) groups is 3. The average Bonchev–Trinajstić information content (AvgIpc) is 3.40. The van der Waals surface area contributed by atoms with Crippen LogP contribution in [0.4, 0.5) is 0 Å². The van der Waals surface area contributed by atoms with Gasteiger partial charge < -0.3 is 20.9 Å². The predicted octanol–water partition coefficient (Wildman–Crippen LogP) is 1.60. The summed E-state index contributed by atoms with van der Waals surface area (Å²) in [7, 11) is 0. The van der Waals surface area contributed by atoms with Crippen molar-refractivity contribution in [3.8, 4) is 0 Å². The zero-order valence-corrected chi connectivity index (χ0v) is 18.4. The van der Waals surface area contributed by atoms with Crippen molar-refractivity contribution in [1.29, 1.82) is 0 Å². The van der Waals surface area contributed by atoms with Gasteiger partial charge in [-0.05, 0) is 57.9 Å². The Morgan fingerprint density at radius 2 is 1.79 bits per heavy atom. The Kier molecular flexibility index (Phi) is 9.69. The highest BCUT2D eigenvalue weighted by Gasteiger charge is 2.28. The number of likely N-dealkylation sites (tertiary alicyclic amines) is 1. The number of nitrogens with one attached hydrogen (secondary N) is 3. The summed E-state index contributed by atoms with van der Waals surface area (Å²) in [6, 6.07) is -0.181. The van der Waals surface area contributed by atoms with Gasteiger partial charge in [0, 0.05) is 38.0 Å². The minimum Gasteiger partial charge on any atom is -0.354 e. The molecule has 2 aliphatic heterocycles. The quantitative estimate of drug-likeness (QED) is 0.574. The van der Waals surface area contributed by atoms with E-state index in [4.69, 9.17) is 0 Å². The van der Waals surface area contributed by atoms with Gasteiger partial charge in [0.05, 0.1) is 6.04 Å². The van der Waals surface area contributed by atoms with E-state index in [1.54, 1.807) is 0 Å². The summed E-state index contributed by atoms with van der Waals surface area (Å²) in [6.07, 6.45) is 8.54. The number of amides is 3. The van der Waals surface area contributed by atoms with Crippen molar-refractivity contribution in [3.05, 3.63) is 0 Å². The van der Waals surface area contributed by atoms with Crippen LogP contribution in [-0.4, -0.2) is 60.9 Å². The molecule has 3 N–H and O–H groups in total. The Bertz CT molecular complexity index is 562. The van der Waals surface area contributed by atoms with Gasteiger partial charge in [-0.25, -0.2) is 0 Å². The van der Waals surface area contributed by atoms with Crippen molar-refractivity contribution in [2.75, 3.05) is 26.2 Å². The second-order valence-corrected chi connectivity index (χ2v) is 8.84. The fourth-order valence-electron chi connectivity index (χ4n) is 4.73. The van der Waals surface area contributed by atoms with E-state index in [1.807, 2.05) is 11.8 Å². The number of hydrogen-bond acceptors (Lipinski definition) is 4. The topological polar surface area (TPSA) is 90.5 Å². The van der Waals surface area contributed by atoms with Gasteiger partial charge in [0.1, 0.15) is 0 Å². The lowest BCUT2D eigenvalue weighted by molar-refractivity contribution is -0.133. The Morgan fingerprint density at radius 3 is 2.48 bits per heavy atom. The molecule has 1 aliphatic carbocycles. The zero-order chi connectivity index (χ0) is 19.9. The van der Waals surface area contributed by atoms with Crippen LogP contribution in [0.5, 0.6) is 0 Å². The second-order valence-electron chi connectivity index (χ2n) is 8.84. The summed E-state index contributed by atoms with van der Waals surface area (Å²) in [5, 5.41) is 9.30. The molecule has 2 saturated heterocycles. The minimum absolute atomic E-state index is 0. The molecule has 0 aromatic carbocycles. The molecule has 3 amide bonds. The third kappa shape index (κ3) is 7.14. The molecule has 8 heteroatoms. The number of carbonyl (C=O) groups excluding carboxylic acids is 3. The van der Waals surface area contributed by atoms with Crippen LogP contribution in [-0.2, 0) is 14.4 Å². The van der Waals surface area contributed by atoms with E-state index in [0.717, 1.165) is 64.5 Å². The molecule has 166 valence electrons. The molecule has 0 bridgehead atoms. The average molecular weight is 429 g/mol. The fraction of sp³-hybridized carbons (Fsp3) is 0.857.